The molecule has 0 spiro atoms. The Kier molecular flexibility index (Phi) is 2.70. The van der Waals surface area contributed by atoms with E-state index in [-0.39, 0.29) is 0 Å². The van der Waals surface area contributed by atoms with Gasteiger partial charge in [0.2, 0.25) is 0 Å². The third kappa shape index (κ3) is 1.76. The van der Waals surface area contributed by atoms with Crippen molar-refractivity contribution in [3.05, 3.63) is 48.6 Å². The lowest BCUT2D eigenvalue weighted by molar-refractivity contribution is 1.13. The molecule has 1 N–H and O–H groups in total. The first-order chi connectivity index (χ1) is 5.77. The molecule has 0 unspecified atom stereocenters. The second-order valence-corrected chi connectivity index (χ2v) is 2.55. The summed E-state index contributed by atoms with van der Waals surface area (Å²) in [7, 11) is 1.86. The second kappa shape index (κ2) is 3.77. The first kappa shape index (κ1) is 8.60. The van der Waals surface area contributed by atoms with Crippen molar-refractivity contribution in [1.82, 2.24) is 5.32 Å². The highest BCUT2D eigenvalue weighted by Gasteiger charge is 1.93. The normalized spacial score (nSPS) is 9.08. The van der Waals surface area contributed by atoms with Gasteiger partial charge in [0.1, 0.15) is 0 Å². The van der Waals surface area contributed by atoms with E-state index in [1.54, 1.807) is 0 Å². The molecule has 1 aromatic carbocycles. The molecule has 0 saturated heterocycles. The lowest BCUT2D eigenvalue weighted by Crippen LogP contribution is -2.02. The van der Waals surface area contributed by atoms with E-state index in [1.165, 1.54) is 0 Å². The molecular formula is C11H13N. The minimum Gasteiger partial charge on any atom is -0.388 e. The Morgan fingerprint density at radius 1 is 1.33 bits per heavy atom. The van der Waals surface area contributed by atoms with Gasteiger partial charge in [0.15, 0.2) is 0 Å². The zero-order valence-electron chi connectivity index (χ0n) is 7.30. The molecule has 0 radical (unpaired) electrons. The minimum atomic E-state index is 0.936. The summed E-state index contributed by atoms with van der Waals surface area (Å²) in [6.07, 6.45) is 1.83. The third-order valence-electron chi connectivity index (χ3n) is 1.80. The Labute approximate surface area is 73.4 Å². The molecule has 0 fully saturated rings. The van der Waals surface area contributed by atoms with Crippen LogP contribution < -0.4 is 5.32 Å². The molecule has 0 heterocycles. The van der Waals surface area contributed by atoms with E-state index < -0.39 is 0 Å². The van der Waals surface area contributed by atoms with Crippen LogP contribution in [0.1, 0.15) is 11.1 Å². The number of rotatable bonds is 3. The Bertz CT molecular complexity index is 282. The average Bonchev–Trinajstić information content (AvgIpc) is 2.17. The van der Waals surface area contributed by atoms with Crippen molar-refractivity contribution in [1.29, 1.82) is 0 Å². The monoisotopic (exact) mass is 159 g/mol. The number of hydrogen-bond donors (Lipinski definition) is 1. The van der Waals surface area contributed by atoms with Crippen LogP contribution in [0.3, 0.4) is 0 Å². The largest absolute Gasteiger partial charge is 0.388 e. The predicted octanol–water partition coefficient (Wildman–Crippen LogP) is 2.52. The second-order valence-electron chi connectivity index (χ2n) is 2.55. The van der Waals surface area contributed by atoms with Gasteiger partial charge < -0.3 is 5.32 Å². The zero-order chi connectivity index (χ0) is 8.97. The van der Waals surface area contributed by atoms with Crippen LogP contribution in [0.5, 0.6) is 0 Å². The van der Waals surface area contributed by atoms with Gasteiger partial charge in [-0.15, -0.1) is 0 Å². The first-order valence-electron chi connectivity index (χ1n) is 3.87. The van der Waals surface area contributed by atoms with Crippen molar-refractivity contribution in [2.24, 2.45) is 0 Å². The lowest BCUT2D eigenvalue weighted by atomic mass is 10.1. The van der Waals surface area contributed by atoms with Gasteiger partial charge in [-0.05, 0) is 11.1 Å². The van der Waals surface area contributed by atoms with E-state index in [0.29, 0.717) is 0 Å². The minimum absolute atomic E-state index is 0.936. The summed E-state index contributed by atoms with van der Waals surface area (Å²) in [6.45, 7) is 7.55. The molecule has 0 aromatic heterocycles. The summed E-state index contributed by atoms with van der Waals surface area (Å²) >= 11 is 0. The highest BCUT2D eigenvalue weighted by molar-refractivity contribution is 5.63. The summed E-state index contributed by atoms with van der Waals surface area (Å²) in [5, 5.41) is 3.00. The Hall–Kier alpha value is -1.50. The molecule has 1 rings (SSSR count). The zero-order valence-corrected chi connectivity index (χ0v) is 7.30. The van der Waals surface area contributed by atoms with Crippen molar-refractivity contribution in [2.75, 3.05) is 7.05 Å². The Morgan fingerprint density at radius 2 is 1.92 bits per heavy atom. The maximum absolute atomic E-state index is 3.86. The van der Waals surface area contributed by atoms with E-state index in [1.807, 2.05) is 37.4 Å². The third-order valence-corrected chi connectivity index (χ3v) is 1.80. The SMILES string of the molecule is C=Cc1ccc(C(=C)NC)cc1. The molecule has 0 bridgehead atoms. The number of nitrogens with one attached hydrogen (secondary N) is 1. The number of hydrogen-bond acceptors (Lipinski definition) is 1. The van der Waals surface area contributed by atoms with Crippen molar-refractivity contribution in [2.45, 2.75) is 0 Å². The van der Waals surface area contributed by atoms with Crippen LogP contribution in [0, 0.1) is 0 Å². The summed E-state index contributed by atoms with van der Waals surface area (Å²) < 4.78 is 0. The van der Waals surface area contributed by atoms with E-state index >= 15 is 0 Å². The van der Waals surface area contributed by atoms with Crippen LogP contribution in [0.2, 0.25) is 0 Å². The standard InChI is InChI=1S/C11H13N/c1-4-10-5-7-11(8-6-10)9(2)12-3/h4-8,12H,1-2H2,3H3. The number of benzene rings is 1. The van der Waals surface area contributed by atoms with E-state index in [0.717, 1.165) is 16.8 Å². The topological polar surface area (TPSA) is 12.0 Å². The molecule has 12 heavy (non-hydrogen) atoms. The van der Waals surface area contributed by atoms with Gasteiger partial charge in [-0.25, -0.2) is 0 Å². The quantitative estimate of drug-likeness (QED) is 0.714. The summed E-state index contributed by atoms with van der Waals surface area (Å²) in [5.74, 6) is 0. The summed E-state index contributed by atoms with van der Waals surface area (Å²) in [6, 6.07) is 8.08. The van der Waals surface area contributed by atoms with Crippen molar-refractivity contribution >= 4 is 11.8 Å². The summed E-state index contributed by atoms with van der Waals surface area (Å²) in [4.78, 5) is 0. The van der Waals surface area contributed by atoms with Gasteiger partial charge in [0.05, 0.1) is 0 Å². The maximum Gasteiger partial charge on any atom is 0.0338 e. The van der Waals surface area contributed by atoms with Gasteiger partial charge in [-0.3, -0.25) is 0 Å². The smallest absolute Gasteiger partial charge is 0.0338 e. The fourth-order valence-corrected chi connectivity index (χ4v) is 0.965. The lowest BCUT2D eigenvalue weighted by Gasteiger charge is -2.04. The first-order valence-corrected chi connectivity index (χ1v) is 3.87. The van der Waals surface area contributed by atoms with Crippen molar-refractivity contribution < 1.29 is 0 Å². The van der Waals surface area contributed by atoms with Crippen LogP contribution in [0.4, 0.5) is 0 Å². The van der Waals surface area contributed by atoms with Crippen LogP contribution in [-0.2, 0) is 0 Å². The molecule has 1 nitrogen and oxygen atoms in total. The molecule has 1 aromatic rings. The highest BCUT2D eigenvalue weighted by Crippen LogP contribution is 2.10. The van der Waals surface area contributed by atoms with Crippen LogP contribution >= 0.6 is 0 Å². The van der Waals surface area contributed by atoms with Crippen LogP contribution in [-0.4, -0.2) is 7.05 Å². The Morgan fingerprint density at radius 3 is 2.33 bits per heavy atom. The molecule has 0 aliphatic rings. The molecule has 62 valence electrons. The maximum atomic E-state index is 3.86. The van der Waals surface area contributed by atoms with Crippen molar-refractivity contribution in [3.8, 4) is 0 Å². The molecule has 0 saturated carbocycles. The molecule has 0 aliphatic carbocycles. The highest BCUT2D eigenvalue weighted by atomic mass is 14.8. The molecule has 0 amide bonds. The fraction of sp³-hybridized carbons (Fsp3) is 0.0909. The molecule has 0 atom stereocenters. The van der Waals surface area contributed by atoms with E-state index in [4.69, 9.17) is 0 Å². The van der Waals surface area contributed by atoms with Crippen LogP contribution in [0.15, 0.2) is 37.4 Å². The summed E-state index contributed by atoms with van der Waals surface area (Å²) in [5.41, 5.74) is 3.18. The molecule has 1 heteroatoms. The van der Waals surface area contributed by atoms with Gasteiger partial charge in [-0.1, -0.05) is 43.5 Å². The fourth-order valence-electron chi connectivity index (χ4n) is 0.965. The van der Waals surface area contributed by atoms with E-state index in [9.17, 15) is 0 Å². The van der Waals surface area contributed by atoms with Gasteiger partial charge in [-0.2, -0.15) is 0 Å². The van der Waals surface area contributed by atoms with Gasteiger partial charge in [0, 0.05) is 12.7 Å². The predicted molar refractivity (Wildman–Crippen MR) is 54.6 cm³/mol. The van der Waals surface area contributed by atoms with Crippen molar-refractivity contribution in [3.63, 3.8) is 0 Å². The van der Waals surface area contributed by atoms with Crippen LogP contribution in [0.25, 0.3) is 11.8 Å². The molecule has 0 aliphatic heterocycles. The average molecular weight is 159 g/mol. The molecular weight excluding hydrogens is 146 g/mol. The van der Waals surface area contributed by atoms with E-state index in [2.05, 4.69) is 18.5 Å². The van der Waals surface area contributed by atoms with Gasteiger partial charge in [0.25, 0.3) is 0 Å². The Balaban J connectivity index is 2.91. The van der Waals surface area contributed by atoms with Gasteiger partial charge >= 0.3 is 0 Å².